The van der Waals surface area contributed by atoms with Crippen LogP contribution in [0.15, 0.2) is 92.6 Å². The first-order chi connectivity index (χ1) is 24.5. The van der Waals surface area contributed by atoms with Crippen LogP contribution in [-0.4, -0.2) is 53.3 Å². The molecular formula is C39H42F3NO7S2. The molecule has 278 valence electrons. The Morgan fingerprint density at radius 2 is 1.71 bits per heavy atom. The number of nitrogens with zero attached hydrogens (tertiary/aromatic N) is 1. The molecule has 8 nitrogen and oxygen atoms in total. The van der Waals surface area contributed by atoms with Gasteiger partial charge in [0.25, 0.3) is 10.0 Å². The van der Waals surface area contributed by atoms with Crippen LogP contribution in [-0.2, 0) is 16.6 Å². The van der Waals surface area contributed by atoms with Crippen molar-refractivity contribution in [2.24, 2.45) is 33.5 Å². The van der Waals surface area contributed by atoms with E-state index in [1.807, 2.05) is 6.92 Å². The van der Waals surface area contributed by atoms with Gasteiger partial charge in [-0.2, -0.15) is 4.31 Å². The minimum Gasteiger partial charge on any atom is -0.461 e. The van der Waals surface area contributed by atoms with E-state index in [0.29, 0.717) is 43.2 Å². The zero-order chi connectivity index (χ0) is 37.0. The first-order valence-electron chi connectivity index (χ1n) is 17.8. The molecule has 3 saturated carbocycles. The van der Waals surface area contributed by atoms with Crippen molar-refractivity contribution in [3.63, 3.8) is 0 Å². The molecule has 3 fully saturated rings. The molecule has 3 aromatic rings. The number of furan rings is 1. The molecule has 0 aliphatic heterocycles. The van der Waals surface area contributed by atoms with Crippen molar-refractivity contribution in [1.29, 1.82) is 0 Å². The molecule has 13 heteroatoms. The maximum Gasteiger partial charge on any atom is 0.573 e. The maximum atomic E-state index is 14.5. The van der Waals surface area contributed by atoms with Gasteiger partial charge >= 0.3 is 6.36 Å². The Morgan fingerprint density at radius 1 is 1.00 bits per heavy atom. The predicted octanol–water partition coefficient (Wildman–Crippen LogP) is 7.90. The second-order valence-electron chi connectivity index (χ2n) is 16.0. The summed E-state index contributed by atoms with van der Waals surface area (Å²) in [5.41, 5.74) is -2.79. The third-order valence-corrected chi connectivity index (χ3v) is 16.9. The van der Waals surface area contributed by atoms with Gasteiger partial charge in [-0.3, -0.25) is 4.79 Å². The van der Waals surface area contributed by atoms with Crippen LogP contribution < -0.4 is 4.74 Å². The van der Waals surface area contributed by atoms with Gasteiger partial charge in [-0.25, -0.2) is 8.42 Å². The summed E-state index contributed by atoms with van der Waals surface area (Å²) < 4.78 is 78.1. The number of carbonyl (C=O) groups is 1. The summed E-state index contributed by atoms with van der Waals surface area (Å²) in [7, 11) is -4.14. The quantitative estimate of drug-likeness (QED) is 0.168. The lowest BCUT2D eigenvalue weighted by molar-refractivity contribution is -0.274. The van der Waals surface area contributed by atoms with E-state index >= 15 is 0 Å². The van der Waals surface area contributed by atoms with Crippen molar-refractivity contribution >= 4 is 27.1 Å². The highest BCUT2D eigenvalue weighted by atomic mass is 32.2. The number of fused-ring (bicyclic) bond motifs is 1. The van der Waals surface area contributed by atoms with Gasteiger partial charge < -0.3 is 19.4 Å². The number of hydrogen-bond acceptors (Lipinski definition) is 8. The van der Waals surface area contributed by atoms with Crippen LogP contribution in [0.25, 0.3) is 0 Å². The van der Waals surface area contributed by atoms with E-state index in [1.165, 1.54) is 28.8 Å². The lowest BCUT2D eigenvalue weighted by atomic mass is 9.32. The highest BCUT2D eigenvalue weighted by molar-refractivity contribution is 7.91. The number of Topliss-reactive ketones (excluding diaryl/α,β-unsaturated/α-hetero) is 1. The molecule has 2 spiro atoms. The van der Waals surface area contributed by atoms with E-state index in [-0.39, 0.29) is 52.5 Å². The lowest BCUT2D eigenvalue weighted by Gasteiger charge is -2.71. The monoisotopic (exact) mass is 757 g/mol. The molecule has 1 aromatic carbocycles. The van der Waals surface area contributed by atoms with Crippen LogP contribution in [0, 0.1) is 33.5 Å². The number of ether oxygens (including phenoxy) is 1. The van der Waals surface area contributed by atoms with Gasteiger partial charge in [0.1, 0.15) is 9.96 Å². The molecular weight excluding hydrogens is 716 g/mol. The van der Waals surface area contributed by atoms with Crippen molar-refractivity contribution in [3.8, 4) is 5.75 Å². The highest BCUT2D eigenvalue weighted by Crippen LogP contribution is 2.78. The fraction of sp³-hybridized carbons (Fsp3) is 0.513. The van der Waals surface area contributed by atoms with Crippen LogP contribution in [0.1, 0.15) is 74.9 Å². The first kappa shape index (κ1) is 35.8. The number of aliphatic hydroxyl groups excluding tert-OH is 1. The Labute approximate surface area is 305 Å². The summed E-state index contributed by atoms with van der Waals surface area (Å²) in [4.78, 5) is 14.5. The SMILES string of the molecule is CC12CCC(O)CC13C=CC1(C(C(=O)c4ccco4)=C3)C2CCC2(C)C1CCC2(O)CN(Cc1ccc(OC(F)(F)F)cc1)S(=O)(=O)c1cccs1. The average Bonchev–Trinajstić information content (AvgIpc) is 3.87. The molecule has 9 rings (SSSR count). The number of sulfonamides is 1. The topological polar surface area (TPSA) is 117 Å². The minimum atomic E-state index is -4.87. The van der Waals surface area contributed by atoms with Gasteiger partial charge in [0.15, 0.2) is 5.76 Å². The van der Waals surface area contributed by atoms with Crippen molar-refractivity contribution in [2.75, 3.05) is 6.54 Å². The number of rotatable bonds is 9. The molecule has 0 radical (unpaired) electrons. The second-order valence-corrected chi connectivity index (χ2v) is 19.1. The average molecular weight is 758 g/mol. The summed E-state index contributed by atoms with van der Waals surface area (Å²) in [6.07, 6.45) is 6.69. The Balaban J connectivity index is 1.18. The number of hydrogen-bond donors (Lipinski definition) is 2. The molecule has 2 heterocycles. The van der Waals surface area contributed by atoms with E-state index < -0.39 is 50.1 Å². The number of ketones is 1. The fourth-order valence-electron chi connectivity index (χ4n) is 11.2. The van der Waals surface area contributed by atoms with E-state index in [0.717, 1.165) is 29.9 Å². The van der Waals surface area contributed by atoms with E-state index in [2.05, 4.69) is 29.9 Å². The number of alkyl halides is 3. The second kappa shape index (κ2) is 11.9. The highest BCUT2D eigenvalue weighted by Gasteiger charge is 2.74. The molecule has 2 N–H and O–H groups in total. The van der Waals surface area contributed by atoms with Gasteiger partial charge in [-0.1, -0.05) is 50.3 Å². The van der Waals surface area contributed by atoms with Crippen LogP contribution in [0.3, 0.4) is 0 Å². The molecule has 8 unspecified atom stereocenters. The van der Waals surface area contributed by atoms with Crippen molar-refractivity contribution < 1.29 is 45.8 Å². The molecule has 52 heavy (non-hydrogen) atoms. The summed E-state index contributed by atoms with van der Waals surface area (Å²) in [5.74, 6) is -0.580. The first-order valence-corrected chi connectivity index (χ1v) is 20.1. The van der Waals surface area contributed by atoms with Gasteiger partial charge in [-0.05, 0) is 103 Å². The summed E-state index contributed by atoms with van der Waals surface area (Å²) in [6, 6.07) is 11.6. The molecule has 6 aliphatic carbocycles. The Kier molecular flexibility index (Phi) is 8.18. The van der Waals surface area contributed by atoms with Crippen molar-refractivity contribution in [1.82, 2.24) is 4.31 Å². The number of allylic oxidation sites excluding steroid dienone is 4. The van der Waals surface area contributed by atoms with Crippen LogP contribution in [0.2, 0.25) is 0 Å². The van der Waals surface area contributed by atoms with Crippen LogP contribution in [0.5, 0.6) is 5.75 Å². The Morgan fingerprint density at radius 3 is 2.38 bits per heavy atom. The summed E-state index contributed by atoms with van der Waals surface area (Å²) in [5, 5.41) is 25.5. The molecule has 0 amide bonds. The fourth-order valence-corrected chi connectivity index (χ4v) is 13.8. The largest absolute Gasteiger partial charge is 0.573 e. The van der Waals surface area contributed by atoms with Crippen molar-refractivity contribution in [3.05, 3.63) is 95.3 Å². The Bertz CT molecular complexity index is 2030. The van der Waals surface area contributed by atoms with Gasteiger partial charge in [0.2, 0.25) is 5.78 Å². The molecule has 8 atom stereocenters. The molecule has 6 aliphatic rings. The number of halogens is 3. The normalized spacial score (nSPS) is 36.6. The summed E-state index contributed by atoms with van der Waals surface area (Å²) in [6.45, 7) is 3.89. The zero-order valence-electron chi connectivity index (χ0n) is 28.9. The van der Waals surface area contributed by atoms with Gasteiger partial charge in [0, 0.05) is 34.9 Å². The smallest absolute Gasteiger partial charge is 0.461 e. The number of carbonyl (C=O) groups excluding carboxylic acids is 1. The third-order valence-electron chi connectivity index (χ3n) is 13.7. The zero-order valence-corrected chi connectivity index (χ0v) is 30.6. The number of thiophene rings is 1. The van der Waals surface area contributed by atoms with Crippen LogP contribution in [0.4, 0.5) is 13.2 Å². The summed E-state index contributed by atoms with van der Waals surface area (Å²) >= 11 is 1.05. The van der Waals surface area contributed by atoms with E-state index in [4.69, 9.17) is 4.42 Å². The third kappa shape index (κ3) is 5.16. The van der Waals surface area contributed by atoms with E-state index in [9.17, 15) is 36.6 Å². The van der Waals surface area contributed by atoms with Crippen LogP contribution >= 0.6 is 11.3 Å². The molecule has 0 saturated heterocycles. The molecule has 2 bridgehead atoms. The maximum absolute atomic E-state index is 14.5. The minimum absolute atomic E-state index is 0.0419. The van der Waals surface area contributed by atoms with Gasteiger partial charge in [-0.15, -0.1) is 24.5 Å². The number of benzene rings is 1. The van der Waals surface area contributed by atoms with Crippen molar-refractivity contribution in [2.45, 2.75) is 87.6 Å². The lowest BCUT2D eigenvalue weighted by Crippen LogP contribution is -2.67. The van der Waals surface area contributed by atoms with Gasteiger partial charge in [0.05, 0.1) is 18.0 Å². The molecule has 2 aromatic heterocycles. The Hall–Kier alpha value is -3.23. The standard InChI is InChI=1S/C39H42F3NO7S2/c1-34-14-11-26(44)21-36(34)17-18-38(28(22-36)33(45)29-5-3-19-49-29)30(34)12-15-35(2)31(38)13-16-37(35,46)24-43(52(47,48)32-6-4-20-51-32)23-25-7-9-27(10-8-25)50-39(40,41)42/h3-10,17-20,22,26,30-31,44,46H,11-16,21,23-24H2,1-2H3. The predicted molar refractivity (Wildman–Crippen MR) is 187 cm³/mol. The number of aliphatic hydroxyl groups is 2. The van der Waals surface area contributed by atoms with E-state index in [1.54, 1.807) is 23.6 Å².